The zero-order valence-corrected chi connectivity index (χ0v) is 14.7. The van der Waals surface area contributed by atoms with Crippen molar-refractivity contribution in [3.63, 3.8) is 0 Å². The van der Waals surface area contributed by atoms with Crippen molar-refractivity contribution in [2.45, 2.75) is 45.4 Å². The molecule has 2 rings (SSSR count). The number of carbonyl (C=O) groups excluding carboxylic acids is 2. The number of benzene rings is 1. The molecule has 0 spiro atoms. The molecule has 0 bridgehead atoms. The number of ketones is 1. The lowest BCUT2D eigenvalue weighted by atomic mass is 10.0. The summed E-state index contributed by atoms with van der Waals surface area (Å²) in [5, 5.41) is 9.35. The molecule has 6 nitrogen and oxygen atoms in total. The van der Waals surface area contributed by atoms with Crippen molar-refractivity contribution >= 4 is 22.8 Å². The van der Waals surface area contributed by atoms with Crippen LogP contribution in [0.1, 0.15) is 51.3 Å². The smallest absolute Gasteiger partial charge is 0.223 e. The van der Waals surface area contributed by atoms with Gasteiger partial charge in [-0.2, -0.15) is 5.26 Å². The maximum absolute atomic E-state index is 12.4. The van der Waals surface area contributed by atoms with Crippen LogP contribution < -0.4 is 0 Å². The molecule has 0 unspecified atom stereocenters. The van der Waals surface area contributed by atoms with Crippen molar-refractivity contribution in [2.75, 3.05) is 13.1 Å². The Morgan fingerprint density at radius 2 is 1.88 bits per heavy atom. The van der Waals surface area contributed by atoms with Crippen LogP contribution in [0.25, 0.3) is 11.1 Å². The van der Waals surface area contributed by atoms with E-state index in [1.54, 1.807) is 23.1 Å². The third kappa shape index (κ3) is 4.66. The number of aromatic nitrogens is 1. The minimum Gasteiger partial charge on any atom is -0.439 e. The zero-order valence-electron chi connectivity index (χ0n) is 14.7. The first-order valence-corrected chi connectivity index (χ1v) is 8.66. The van der Waals surface area contributed by atoms with Crippen molar-refractivity contribution in [3.05, 3.63) is 30.2 Å². The second-order valence-electron chi connectivity index (χ2n) is 5.93. The minimum atomic E-state index is -1.08. The number of rotatable bonds is 9. The molecule has 0 N–H and O–H groups in total. The largest absolute Gasteiger partial charge is 0.439 e. The van der Waals surface area contributed by atoms with Crippen molar-refractivity contribution in [3.8, 4) is 6.07 Å². The molecular formula is C19H23N3O3. The summed E-state index contributed by atoms with van der Waals surface area (Å²) in [5.41, 5.74) is 1.15. The summed E-state index contributed by atoms with van der Waals surface area (Å²) in [6, 6.07) is 9.06. The topological polar surface area (TPSA) is 87.2 Å². The fourth-order valence-corrected chi connectivity index (χ4v) is 2.71. The van der Waals surface area contributed by atoms with Gasteiger partial charge in [-0.05, 0) is 25.0 Å². The molecule has 1 amide bonds. The summed E-state index contributed by atoms with van der Waals surface area (Å²) in [6.45, 7) is 5.40. The van der Waals surface area contributed by atoms with Gasteiger partial charge in [0.25, 0.3) is 0 Å². The average molecular weight is 341 g/mol. The number of hydrogen-bond acceptors (Lipinski definition) is 5. The number of fused-ring (bicyclic) bond motifs is 1. The van der Waals surface area contributed by atoms with Gasteiger partial charge in [-0.1, -0.05) is 26.0 Å². The fraction of sp³-hybridized carbons (Fsp3) is 0.474. The molecule has 0 fully saturated rings. The number of nitriles is 1. The molecular weight excluding hydrogens is 318 g/mol. The summed E-state index contributed by atoms with van der Waals surface area (Å²) in [5.74, 6) is -1.37. The van der Waals surface area contributed by atoms with Crippen LogP contribution in [0.4, 0.5) is 0 Å². The highest BCUT2D eigenvalue weighted by Gasteiger charge is 2.26. The van der Waals surface area contributed by atoms with Crippen LogP contribution in [0.15, 0.2) is 28.7 Å². The average Bonchev–Trinajstić information content (AvgIpc) is 3.03. The zero-order chi connectivity index (χ0) is 18.2. The molecule has 0 aliphatic rings. The van der Waals surface area contributed by atoms with Gasteiger partial charge in [0, 0.05) is 25.9 Å². The molecule has 25 heavy (non-hydrogen) atoms. The second kappa shape index (κ2) is 8.97. The van der Waals surface area contributed by atoms with E-state index >= 15 is 0 Å². The Morgan fingerprint density at radius 3 is 2.48 bits per heavy atom. The van der Waals surface area contributed by atoms with Crippen molar-refractivity contribution in [1.82, 2.24) is 9.88 Å². The standard InChI is InChI=1S/C19H23N3O3/c1-3-11-22(12-4-2)18(24)10-9-16(23)14(13-20)19-21-15-7-5-6-8-17(15)25-19/h5-8,14H,3-4,9-12H2,1-2H3/t14-/m0/s1. The molecule has 132 valence electrons. The van der Waals surface area contributed by atoms with Crippen molar-refractivity contribution < 1.29 is 14.0 Å². The van der Waals surface area contributed by atoms with E-state index in [2.05, 4.69) is 4.98 Å². The van der Waals surface area contributed by atoms with E-state index in [1.807, 2.05) is 26.0 Å². The van der Waals surface area contributed by atoms with E-state index < -0.39 is 5.92 Å². The molecule has 1 aromatic heterocycles. The van der Waals surface area contributed by atoms with Gasteiger partial charge in [0.15, 0.2) is 17.3 Å². The summed E-state index contributed by atoms with van der Waals surface area (Å²) >= 11 is 0. The molecule has 0 saturated heterocycles. The molecule has 0 radical (unpaired) electrons. The Kier molecular flexibility index (Phi) is 6.70. The van der Waals surface area contributed by atoms with Gasteiger partial charge in [0.1, 0.15) is 5.52 Å². The summed E-state index contributed by atoms with van der Waals surface area (Å²) in [7, 11) is 0. The third-order valence-corrected chi connectivity index (χ3v) is 3.93. The monoisotopic (exact) mass is 341 g/mol. The Bertz CT molecular complexity index is 737. The van der Waals surface area contributed by atoms with Gasteiger partial charge in [0.2, 0.25) is 11.8 Å². The van der Waals surface area contributed by atoms with Crippen LogP contribution in [0.2, 0.25) is 0 Å². The Morgan fingerprint density at radius 1 is 1.20 bits per heavy atom. The van der Waals surface area contributed by atoms with E-state index in [1.165, 1.54) is 0 Å². The lowest BCUT2D eigenvalue weighted by Gasteiger charge is -2.21. The van der Waals surface area contributed by atoms with Gasteiger partial charge in [0.05, 0.1) is 6.07 Å². The third-order valence-electron chi connectivity index (χ3n) is 3.93. The quantitative estimate of drug-likeness (QED) is 0.697. The number of para-hydroxylation sites is 2. The van der Waals surface area contributed by atoms with E-state index in [-0.39, 0.29) is 30.4 Å². The lowest BCUT2D eigenvalue weighted by molar-refractivity contribution is -0.133. The number of amides is 1. The van der Waals surface area contributed by atoms with E-state index in [4.69, 9.17) is 4.42 Å². The molecule has 1 aromatic carbocycles. The molecule has 1 heterocycles. The fourth-order valence-electron chi connectivity index (χ4n) is 2.71. The first-order chi connectivity index (χ1) is 12.1. The second-order valence-corrected chi connectivity index (χ2v) is 5.93. The molecule has 1 atom stereocenters. The highest BCUT2D eigenvalue weighted by molar-refractivity contribution is 5.91. The highest BCUT2D eigenvalue weighted by atomic mass is 16.3. The molecule has 0 saturated carbocycles. The maximum atomic E-state index is 12.4. The predicted molar refractivity (Wildman–Crippen MR) is 93.8 cm³/mol. The van der Waals surface area contributed by atoms with Crippen LogP contribution in [0.3, 0.4) is 0 Å². The number of carbonyl (C=O) groups is 2. The van der Waals surface area contributed by atoms with E-state index in [0.29, 0.717) is 24.2 Å². The van der Waals surface area contributed by atoms with E-state index in [0.717, 1.165) is 12.8 Å². The maximum Gasteiger partial charge on any atom is 0.223 e. The van der Waals surface area contributed by atoms with Gasteiger partial charge < -0.3 is 9.32 Å². The van der Waals surface area contributed by atoms with Crippen LogP contribution >= 0.6 is 0 Å². The van der Waals surface area contributed by atoms with Crippen LogP contribution in [0, 0.1) is 11.3 Å². The van der Waals surface area contributed by atoms with Crippen LogP contribution in [-0.2, 0) is 9.59 Å². The summed E-state index contributed by atoms with van der Waals surface area (Å²) < 4.78 is 5.52. The van der Waals surface area contributed by atoms with Crippen molar-refractivity contribution in [1.29, 1.82) is 5.26 Å². The van der Waals surface area contributed by atoms with Crippen LogP contribution in [0.5, 0.6) is 0 Å². The highest BCUT2D eigenvalue weighted by Crippen LogP contribution is 2.23. The van der Waals surface area contributed by atoms with E-state index in [9.17, 15) is 14.9 Å². The normalized spacial score (nSPS) is 11.9. The predicted octanol–water partition coefficient (Wildman–Crippen LogP) is 3.43. The molecule has 6 heteroatoms. The van der Waals surface area contributed by atoms with Crippen molar-refractivity contribution in [2.24, 2.45) is 0 Å². The Labute approximate surface area is 147 Å². The van der Waals surface area contributed by atoms with Gasteiger partial charge in [-0.15, -0.1) is 0 Å². The first-order valence-electron chi connectivity index (χ1n) is 8.66. The Hall–Kier alpha value is -2.68. The SMILES string of the molecule is CCCN(CCC)C(=O)CCC(=O)[C@H](C#N)c1nc2ccccc2o1. The minimum absolute atomic E-state index is 0.0136. The number of hydrogen-bond donors (Lipinski definition) is 0. The summed E-state index contributed by atoms with van der Waals surface area (Å²) in [4.78, 5) is 30.7. The molecule has 2 aromatic rings. The van der Waals surface area contributed by atoms with Gasteiger partial charge in [-0.25, -0.2) is 4.98 Å². The van der Waals surface area contributed by atoms with Gasteiger partial charge >= 0.3 is 0 Å². The first kappa shape index (κ1) is 18.7. The Balaban J connectivity index is 2.02. The molecule has 0 aliphatic heterocycles. The molecule has 0 aliphatic carbocycles. The van der Waals surface area contributed by atoms with Gasteiger partial charge in [-0.3, -0.25) is 9.59 Å². The number of Topliss-reactive ketones (excluding diaryl/α,β-unsaturated/α-hetero) is 1. The lowest BCUT2D eigenvalue weighted by Crippen LogP contribution is -2.32. The number of oxazole rings is 1. The summed E-state index contributed by atoms with van der Waals surface area (Å²) in [6.07, 6.45) is 1.88. The van der Waals surface area contributed by atoms with Crippen LogP contribution in [-0.4, -0.2) is 34.7 Å². The number of nitrogens with zero attached hydrogens (tertiary/aromatic N) is 3.